The topological polar surface area (TPSA) is 49.4 Å². The number of nitrogens with one attached hydrogen (secondary N) is 1. The molecule has 1 heterocycles. The van der Waals surface area contributed by atoms with Crippen LogP contribution in [-0.2, 0) is 4.79 Å². The largest absolute Gasteiger partial charge is 0.352 e. The molecule has 114 valence electrons. The summed E-state index contributed by atoms with van der Waals surface area (Å²) in [7, 11) is 0. The van der Waals surface area contributed by atoms with Crippen LogP contribution >= 0.6 is 11.6 Å². The second-order valence-electron chi connectivity index (χ2n) is 5.60. The minimum Gasteiger partial charge on any atom is -0.352 e. The van der Waals surface area contributed by atoms with E-state index in [1.807, 2.05) is 4.90 Å². The van der Waals surface area contributed by atoms with Crippen LogP contribution in [0.2, 0.25) is 5.02 Å². The van der Waals surface area contributed by atoms with E-state index in [0.29, 0.717) is 29.5 Å². The van der Waals surface area contributed by atoms with Crippen LogP contribution in [0.1, 0.15) is 36.5 Å². The molecule has 0 unspecified atom stereocenters. The predicted octanol–water partition coefficient (Wildman–Crippen LogP) is 2.72. The van der Waals surface area contributed by atoms with E-state index in [9.17, 15) is 9.59 Å². The van der Waals surface area contributed by atoms with Crippen LogP contribution in [0.15, 0.2) is 24.3 Å². The summed E-state index contributed by atoms with van der Waals surface area (Å²) in [6, 6.07) is 6.70. The summed E-state index contributed by atoms with van der Waals surface area (Å²) < 4.78 is 0. The Morgan fingerprint density at radius 1 is 1.33 bits per heavy atom. The zero-order valence-electron chi connectivity index (χ0n) is 12.3. The average molecular weight is 309 g/mol. The second kappa shape index (κ2) is 7.46. The molecule has 0 aromatic heterocycles. The van der Waals surface area contributed by atoms with Crippen molar-refractivity contribution in [3.63, 3.8) is 0 Å². The third-order valence-corrected chi connectivity index (χ3v) is 3.99. The Kier molecular flexibility index (Phi) is 5.62. The van der Waals surface area contributed by atoms with E-state index < -0.39 is 0 Å². The molecule has 1 fully saturated rings. The summed E-state index contributed by atoms with van der Waals surface area (Å²) in [5.74, 6) is 0.524. The van der Waals surface area contributed by atoms with Crippen molar-refractivity contribution in [3.05, 3.63) is 34.9 Å². The van der Waals surface area contributed by atoms with Gasteiger partial charge < -0.3 is 10.2 Å². The molecule has 0 aliphatic carbocycles. The number of rotatable bonds is 4. The molecule has 1 N–H and O–H groups in total. The number of hydrogen-bond donors (Lipinski definition) is 1. The van der Waals surface area contributed by atoms with Crippen molar-refractivity contribution in [1.29, 1.82) is 0 Å². The van der Waals surface area contributed by atoms with Crippen LogP contribution in [0.3, 0.4) is 0 Å². The highest BCUT2D eigenvalue weighted by molar-refractivity contribution is 6.30. The van der Waals surface area contributed by atoms with Gasteiger partial charge in [0.1, 0.15) is 0 Å². The number of carbonyl (C=O) groups excluding carboxylic acids is 2. The molecule has 1 aromatic rings. The maximum atomic E-state index is 12.1. The zero-order chi connectivity index (χ0) is 15.2. The number of halogens is 1. The first-order chi connectivity index (χ1) is 10.1. The maximum absolute atomic E-state index is 12.1. The number of amides is 2. The number of nitrogens with zero attached hydrogens (tertiary/aromatic N) is 1. The van der Waals surface area contributed by atoms with Crippen molar-refractivity contribution in [1.82, 2.24) is 10.2 Å². The number of carbonyl (C=O) groups is 2. The molecule has 21 heavy (non-hydrogen) atoms. The third-order valence-electron chi connectivity index (χ3n) is 3.74. The minimum atomic E-state index is -0.175. The molecule has 4 nitrogen and oxygen atoms in total. The smallest absolute Gasteiger partial charge is 0.251 e. The summed E-state index contributed by atoms with van der Waals surface area (Å²) in [5.41, 5.74) is 0.554. The minimum absolute atomic E-state index is 0.123. The van der Waals surface area contributed by atoms with Gasteiger partial charge in [0.25, 0.3) is 5.91 Å². The first-order valence-electron chi connectivity index (χ1n) is 7.38. The molecule has 1 aromatic carbocycles. The fourth-order valence-electron chi connectivity index (χ4n) is 2.56. The Balaban J connectivity index is 1.74. The number of piperidine rings is 1. The van der Waals surface area contributed by atoms with E-state index in [2.05, 4.69) is 12.2 Å². The van der Waals surface area contributed by atoms with Crippen molar-refractivity contribution in [2.75, 3.05) is 19.6 Å². The SMILES string of the molecule is C[C@@H]1CCCN(C(=O)CCNC(=O)c2ccc(Cl)cc2)C1. The summed E-state index contributed by atoms with van der Waals surface area (Å²) in [4.78, 5) is 25.9. The Morgan fingerprint density at radius 2 is 2.05 bits per heavy atom. The molecule has 0 saturated carbocycles. The Bertz CT molecular complexity index is 502. The van der Waals surface area contributed by atoms with Gasteiger partial charge >= 0.3 is 0 Å². The quantitative estimate of drug-likeness (QED) is 0.930. The van der Waals surface area contributed by atoms with Gasteiger partial charge in [0, 0.05) is 36.6 Å². The maximum Gasteiger partial charge on any atom is 0.251 e. The highest BCUT2D eigenvalue weighted by atomic mass is 35.5. The van der Waals surface area contributed by atoms with E-state index in [1.54, 1.807) is 24.3 Å². The van der Waals surface area contributed by atoms with Gasteiger partial charge in [0.2, 0.25) is 5.91 Å². The van der Waals surface area contributed by atoms with Gasteiger partial charge in [-0.05, 0) is 43.0 Å². The Morgan fingerprint density at radius 3 is 2.71 bits per heavy atom. The summed E-state index contributed by atoms with van der Waals surface area (Å²) in [6.45, 7) is 4.21. The van der Waals surface area contributed by atoms with E-state index in [0.717, 1.165) is 19.5 Å². The Labute approximate surface area is 130 Å². The van der Waals surface area contributed by atoms with Crippen LogP contribution in [0, 0.1) is 5.92 Å². The van der Waals surface area contributed by atoms with Crippen molar-refractivity contribution in [2.24, 2.45) is 5.92 Å². The standard InChI is InChI=1S/C16H21ClN2O2/c1-12-3-2-10-19(11-12)15(20)8-9-18-16(21)13-4-6-14(17)7-5-13/h4-7,12H,2-3,8-11H2,1H3,(H,18,21)/t12-/m1/s1. The predicted molar refractivity (Wildman–Crippen MR) is 83.4 cm³/mol. The van der Waals surface area contributed by atoms with Crippen molar-refractivity contribution in [3.8, 4) is 0 Å². The van der Waals surface area contributed by atoms with Gasteiger partial charge in [-0.1, -0.05) is 18.5 Å². The van der Waals surface area contributed by atoms with Crippen molar-refractivity contribution in [2.45, 2.75) is 26.2 Å². The monoisotopic (exact) mass is 308 g/mol. The first-order valence-corrected chi connectivity index (χ1v) is 7.75. The number of likely N-dealkylation sites (tertiary alicyclic amines) is 1. The van der Waals surface area contributed by atoms with Crippen molar-refractivity contribution >= 4 is 23.4 Å². The van der Waals surface area contributed by atoms with Gasteiger partial charge in [-0.15, -0.1) is 0 Å². The van der Waals surface area contributed by atoms with Crippen LogP contribution < -0.4 is 5.32 Å². The molecule has 1 aliphatic rings. The molecular weight excluding hydrogens is 288 g/mol. The summed E-state index contributed by atoms with van der Waals surface area (Å²) in [5, 5.41) is 3.37. The molecule has 1 saturated heterocycles. The normalized spacial score (nSPS) is 18.4. The van der Waals surface area contributed by atoms with E-state index in [-0.39, 0.29) is 11.8 Å². The molecule has 5 heteroatoms. The molecule has 1 aliphatic heterocycles. The van der Waals surface area contributed by atoms with Crippen LogP contribution in [-0.4, -0.2) is 36.3 Å². The van der Waals surface area contributed by atoms with Gasteiger partial charge in [-0.2, -0.15) is 0 Å². The zero-order valence-corrected chi connectivity index (χ0v) is 13.0. The van der Waals surface area contributed by atoms with Crippen LogP contribution in [0.5, 0.6) is 0 Å². The summed E-state index contributed by atoms with van der Waals surface area (Å²) >= 11 is 5.78. The van der Waals surface area contributed by atoms with Crippen LogP contribution in [0.4, 0.5) is 0 Å². The highest BCUT2D eigenvalue weighted by Crippen LogP contribution is 2.16. The second-order valence-corrected chi connectivity index (χ2v) is 6.04. The van der Waals surface area contributed by atoms with Gasteiger partial charge in [-0.3, -0.25) is 9.59 Å². The average Bonchev–Trinajstić information content (AvgIpc) is 2.47. The molecule has 1 atom stereocenters. The van der Waals surface area contributed by atoms with Gasteiger partial charge in [0.15, 0.2) is 0 Å². The molecule has 2 amide bonds. The van der Waals surface area contributed by atoms with Gasteiger partial charge in [-0.25, -0.2) is 0 Å². The van der Waals surface area contributed by atoms with E-state index in [1.165, 1.54) is 6.42 Å². The lowest BCUT2D eigenvalue weighted by molar-refractivity contribution is -0.132. The fraction of sp³-hybridized carbons (Fsp3) is 0.500. The lowest BCUT2D eigenvalue weighted by atomic mass is 10.00. The highest BCUT2D eigenvalue weighted by Gasteiger charge is 2.20. The molecule has 0 spiro atoms. The van der Waals surface area contributed by atoms with E-state index >= 15 is 0 Å². The Hall–Kier alpha value is -1.55. The molecule has 0 bridgehead atoms. The molecular formula is C16H21ClN2O2. The number of hydrogen-bond acceptors (Lipinski definition) is 2. The van der Waals surface area contributed by atoms with E-state index in [4.69, 9.17) is 11.6 Å². The number of benzene rings is 1. The molecule has 2 rings (SSSR count). The first kappa shape index (κ1) is 15.8. The van der Waals surface area contributed by atoms with Gasteiger partial charge in [0.05, 0.1) is 0 Å². The molecule has 0 radical (unpaired) electrons. The summed E-state index contributed by atoms with van der Waals surface area (Å²) in [6.07, 6.45) is 2.62. The fourth-order valence-corrected chi connectivity index (χ4v) is 2.69. The van der Waals surface area contributed by atoms with Crippen molar-refractivity contribution < 1.29 is 9.59 Å². The lowest BCUT2D eigenvalue weighted by Gasteiger charge is -2.31. The van der Waals surface area contributed by atoms with Crippen LogP contribution in [0.25, 0.3) is 0 Å². The lowest BCUT2D eigenvalue weighted by Crippen LogP contribution is -2.40. The third kappa shape index (κ3) is 4.74.